The molecule has 1 aromatic heterocycles. The molecule has 1 aliphatic rings. The Kier molecular flexibility index (Phi) is 3.82. The molecule has 0 radical (unpaired) electrons. The minimum atomic E-state index is -0.479. The molecule has 0 bridgehead atoms. The standard InChI is InChI=1S/C11H17ClN2OS/c1-7(2)14-10(9(12)5-13-14)11(15)8-3-4-16-6-8/h5,7-8,11,15H,3-4,6H2,1-2H3. The number of rotatable bonds is 3. The number of hydrogen-bond acceptors (Lipinski definition) is 3. The maximum atomic E-state index is 10.4. The van der Waals surface area contributed by atoms with Crippen LogP contribution in [0.5, 0.6) is 0 Å². The van der Waals surface area contributed by atoms with Crippen LogP contribution >= 0.6 is 23.4 Å². The van der Waals surface area contributed by atoms with E-state index < -0.39 is 6.10 Å². The quantitative estimate of drug-likeness (QED) is 0.908. The lowest BCUT2D eigenvalue weighted by molar-refractivity contribution is 0.110. The molecule has 1 aliphatic heterocycles. The van der Waals surface area contributed by atoms with Crippen LogP contribution in [-0.4, -0.2) is 26.4 Å². The second-order valence-electron chi connectivity index (χ2n) is 4.48. The molecule has 90 valence electrons. The minimum absolute atomic E-state index is 0.228. The van der Waals surface area contributed by atoms with Crippen LogP contribution < -0.4 is 0 Å². The lowest BCUT2D eigenvalue weighted by atomic mass is 9.99. The van der Waals surface area contributed by atoms with Gasteiger partial charge < -0.3 is 5.11 Å². The molecule has 1 aromatic rings. The van der Waals surface area contributed by atoms with Gasteiger partial charge in [0.15, 0.2) is 0 Å². The van der Waals surface area contributed by atoms with Gasteiger partial charge >= 0.3 is 0 Å². The zero-order valence-corrected chi connectivity index (χ0v) is 11.1. The average molecular weight is 261 g/mol. The van der Waals surface area contributed by atoms with E-state index in [1.165, 1.54) is 0 Å². The third-order valence-corrected chi connectivity index (χ3v) is 4.45. The van der Waals surface area contributed by atoms with E-state index in [9.17, 15) is 5.11 Å². The van der Waals surface area contributed by atoms with E-state index in [0.29, 0.717) is 10.9 Å². The highest BCUT2D eigenvalue weighted by Crippen LogP contribution is 2.37. The second kappa shape index (κ2) is 4.98. The zero-order chi connectivity index (χ0) is 11.7. The maximum Gasteiger partial charge on any atom is 0.101 e. The van der Waals surface area contributed by atoms with E-state index in [-0.39, 0.29) is 6.04 Å². The van der Waals surface area contributed by atoms with Crippen molar-refractivity contribution in [3.05, 3.63) is 16.9 Å². The van der Waals surface area contributed by atoms with Gasteiger partial charge in [-0.2, -0.15) is 16.9 Å². The normalized spacial score (nSPS) is 22.9. The number of aliphatic hydroxyl groups is 1. The van der Waals surface area contributed by atoms with Crippen molar-refractivity contribution in [2.45, 2.75) is 32.4 Å². The van der Waals surface area contributed by atoms with Crippen molar-refractivity contribution in [3.63, 3.8) is 0 Å². The highest BCUT2D eigenvalue weighted by atomic mass is 35.5. The Morgan fingerprint density at radius 1 is 1.62 bits per heavy atom. The number of aliphatic hydroxyl groups excluding tert-OH is 1. The van der Waals surface area contributed by atoms with Crippen molar-refractivity contribution in [1.82, 2.24) is 9.78 Å². The first kappa shape index (κ1) is 12.3. The van der Waals surface area contributed by atoms with Gasteiger partial charge in [0.25, 0.3) is 0 Å². The van der Waals surface area contributed by atoms with Crippen molar-refractivity contribution in [2.24, 2.45) is 5.92 Å². The van der Waals surface area contributed by atoms with Gasteiger partial charge in [0, 0.05) is 12.0 Å². The maximum absolute atomic E-state index is 10.4. The molecule has 1 saturated heterocycles. The molecular weight excluding hydrogens is 244 g/mol. The fourth-order valence-electron chi connectivity index (χ4n) is 2.06. The fraction of sp³-hybridized carbons (Fsp3) is 0.727. The topological polar surface area (TPSA) is 38.0 Å². The molecule has 2 rings (SSSR count). The Labute approximate surface area is 105 Å². The predicted molar refractivity (Wildman–Crippen MR) is 68.0 cm³/mol. The molecule has 0 aliphatic carbocycles. The Hall–Kier alpha value is -0.190. The monoisotopic (exact) mass is 260 g/mol. The number of thioether (sulfide) groups is 1. The van der Waals surface area contributed by atoms with Crippen LogP contribution in [0.1, 0.15) is 38.1 Å². The summed E-state index contributed by atoms with van der Waals surface area (Å²) in [5.74, 6) is 2.47. The van der Waals surface area contributed by atoms with Gasteiger partial charge in [0.05, 0.1) is 16.9 Å². The molecule has 2 heterocycles. The van der Waals surface area contributed by atoms with Gasteiger partial charge in [-0.15, -0.1) is 0 Å². The van der Waals surface area contributed by atoms with Crippen molar-refractivity contribution in [3.8, 4) is 0 Å². The molecule has 1 N–H and O–H groups in total. The summed E-state index contributed by atoms with van der Waals surface area (Å²) in [6, 6.07) is 0.228. The Morgan fingerprint density at radius 2 is 2.38 bits per heavy atom. The number of halogens is 1. The van der Waals surface area contributed by atoms with Crippen molar-refractivity contribution in [2.75, 3.05) is 11.5 Å². The van der Waals surface area contributed by atoms with Crippen LogP contribution in [0.4, 0.5) is 0 Å². The fourth-order valence-corrected chi connectivity index (χ4v) is 3.59. The van der Waals surface area contributed by atoms with Gasteiger partial charge in [-0.05, 0) is 31.8 Å². The summed E-state index contributed by atoms with van der Waals surface area (Å²) < 4.78 is 1.83. The third kappa shape index (κ3) is 2.24. The number of hydrogen-bond donors (Lipinski definition) is 1. The van der Waals surface area contributed by atoms with Crippen LogP contribution in [0.2, 0.25) is 5.02 Å². The van der Waals surface area contributed by atoms with Gasteiger partial charge in [0.1, 0.15) is 6.10 Å². The van der Waals surface area contributed by atoms with Crippen LogP contribution in [0, 0.1) is 5.92 Å². The van der Waals surface area contributed by atoms with Crippen LogP contribution in [0.25, 0.3) is 0 Å². The Morgan fingerprint density at radius 3 is 2.94 bits per heavy atom. The first-order valence-electron chi connectivity index (χ1n) is 5.60. The molecule has 0 aromatic carbocycles. The number of nitrogens with zero attached hydrogens (tertiary/aromatic N) is 2. The average Bonchev–Trinajstić information content (AvgIpc) is 2.84. The van der Waals surface area contributed by atoms with E-state index >= 15 is 0 Å². The summed E-state index contributed by atoms with van der Waals surface area (Å²) in [6.45, 7) is 4.09. The summed E-state index contributed by atoms with van der Waals surface area (Å²) in [5.41, 5.74) is 0.782. The van der Waals surface area contributed by atoms with E-state index in [2.05, 4.69) is 5.10 Å². The summed E-state index contributed by atoms with van der Waals surface area (Å²) in [4.78, 5) is 0. The molecule has 16 heavy (non-hydrogen) atoms. The van der Waals surface area contributed by atoms with Crippen LogP contribution in [-0.2, 0) is 0 Å². The molecule has 2 unspecified atom stereocenters. The van der Waals surface area contributed by atoms with E-state index in [0.717, 1.165) is 23.6 Å². The summed E-state index contributed by atoms with van der Waals surface area (Å²) in [7, 11) is 0. The molecule has 0 saturated carbocycles. The predicted octanol–water partition coefficient (Wildman–Crippen LogP) is 2.90. The first-order chi connectivity index (χ1) is 7.61. The summed E-state index contributed by atoms with van der Waals surface area (Å²) >= 11 is 8.01. The molecule has 2 atom stereocenters. The van der Waals surface area contributed by atoms with Gasteiger partial charge in [-0.25, -0.2) is 0 Å². The van der Waals surface area contributed by atoms with Gasteiger partial charge in [-0.1, -0.05) is 11.6 Å². The first-order valence-corrected chi connectivity index (χ1v) is 7.13. The van der Waals surface area contributed by atoms with Crippen molar-refractivity contribution < 1.29 is 5.11 Å². The van der Waals surface area contributed by atoms with E-state index in [4.69, 9.17) is 11.6 Å². The second-order valence-corrected chi connectivity index (χ2v) is 6.04. The molecule has 1 fully saturated rings. The molecule has 3 nitrogen and oxygen atoms in total. The molecule has 0 spiro atoms. The van der Waals surface area contributed by atoms with Gasteiger partial charge in [0.2, 0.25) is 0 Å². The van der Waals surface area contributed by atoms with Crippen molar-refractivity contribution in [1.29, 1.82) is 0 Å². The molecule has 0 amide bonds. The largest absolute Gasteiger partial charge is 0.386 e. The third-order valence-electron chi connectivity index (χ3n) is 2.97. The molecule has 5 heteroatoms. The summed E-state index contributed by atoms with van der Waals surface area (Å²) in [5, 5.41) is 15.2. The SMILES string of the molecule is CC(C)n1ncc(Cl)c1C(O)C1CCSC1. The van der Waals surface area contributed by atoms with Crippen LogP contribution in [0.3, 0.4) is 0 Å². The van der Waals surface area contributed by atoms with E-state index in [1.807, 2.05) is 30.3 Å². The Balaban J connectivity index is 2.27. The lowest BCUT2D eigenvalue weighted by Crippen LogP contribution is -2.18. The van der Waals surface area contributed by atoms with Crippen molar-refractivity contribution >= 4 is 23.4 Å². The minimum Gasteiger partial charge on any atom is -0.386 e. The highest BCUT2D eigenvalue weighted by molar-refractivity contribution is 7.99. The molecular formula is C11H17ClN2OS. The summed E-state index contributed by atoms with van der Waals surface area (Å²) in [6.07, 6.45) is 2.21. The smallest absolute Gasteiger partial charge is 0.101 e. The lowest BCUT2D eigenvalue weighted by Gasteiger charge is -2.20. The Bertz CT molecular complexity index is 361. The number of aromatic nitrogens is 2. The highest BCUT2D eigenvalue weighted by Gasteiger charge is 2.29. The van der Waals surface area contributed by atoms with E-state index in [1.54, 1.807) is 6.20 Å². The zero-order valence-electron chi connectivity index (χ0n) is 9.56. The van der Waals surface area contributed by atoms with Crippen LogP contribution in [0.15, 0.2) is 6.20 Å². The van der Waals surface area contributed by atoms with Gasteiger partial charge in [-0.3, -0.25) is 4.68 Å².